The second-order valence-corrected chi connectivity index (χ2v) is 4.56. The first-order chi connectivity index (χ1) is 9.20. The predicted octanol–water partition coefficient (Wildman–Crippen LogP) is 3.78. The Kier molecular flexibility index (Phi) is 4.77. The number of nitrogens with one attached hydrogen (secondary N) is 1. The summed E-state index contributed by atoms with van der Waals surface area (Å²) in [5, 5.41) is 3.88. The number of methoxy groups -OCH3 is 1. The molecular formula is C15H15ClFNO. The molecule has 0 spiro atoms. The lowest BCUT2D eigenvalue weighted by Crippen LogP contribution is -2.14. The van der Waals surface area contributed by atoms with E-state index in [1.165, 1.54) is 13.2 Å². The molecular weight excluding hydrogens is 265 g/mol. The van der Waals surface area contributed by atoms with E-state index in [-0.39, 0.29) is 5.82 Å². The fourth-order valence-corrected chi connectivity index (χ4v) is 1.97. The smallest absolute Gasteiger partial charge is 0.131 e. The quantitative estimate of drug-likeness (QED) is 0.899. The molecule has 100 valence electrons. The Morgan fingerprint density at radius 3 is 2.53 bits per heavy atom. The molecule has 0 heterocycles. The molecule has 0 aromatic heterocycles. The van der Waals surface area contributed by atoms with Crippen molar-refractivity contribution in [3.63, 3.8) is 0 Å². The second-order valence-electron chi connectivity index (χ2n) is 4.15. The van der Waals surface area contributed by atoms with Gasteiger partial charge < -0.3 is 10.1 Å². The van der Waals surface area contributed by atoms with Gasteiger partial charge in [-0.25, -0.2) is 4.39 Å². The molecule has 2 aromatic carbocycles. The molecule has 19 heavy (non-hydrogen) atoms. The highest BCUT2D eigenvalue weighted by molar-refractivity contribution is 6.31. The van der Waals surface area contributed by atoms with E-state index < -0.39 is 0 Å². The Hall–Kier alpha value is -1.58. The zero-order valence-electron chi connectivity index (χ0n) is 10.6. The number of hydrogen-bond donors (Lipinski definition) is 1. The molecule has 2 nitrogen and oxygen atoms in total. The van der Waals surface area contributed by atoms with E-state index in [2.05, 4.69) is 5.32 Å². The summed E-state index contributed by atoms with van der Waals surface area (Å²) < 4.78 is 18.7. The summed E-state index contributed by atoms with van der Waals surface area (Å²) in [6.45, 7) is 1.05. The van der Waals surface area contributed by atoms with Crippen LogP contribution in [0.25, 0.3) is 0 Å². The number of halogens is 2. The topological polar surface area (TPSA) is 21.3 Å². The third-order valence-electron chi connectivity index (χ3n) is 2.85. The number of benzene rings is 2. The maximum atomic E-state index is 13.7. The van der Waals surface area contributed by atoms with Crippen molar-refractivity contribution in [2.75, 3.05) is 7.11 Å². The van der Waals surface area contributed by atoms with Crippen LogP contribution in [0.4, 0.5) is 4.39 Å². The molecule has 0 aliphatic rings. The molecule has 0 aliphatic carbocycles. The molecule has 0 fully saturated rings. The maximum absolute atomic E-state index is 13.7. The Bertz CT molecular complexity index is 560. The van der Waals surface area contributed by atoms with E-state index >= 15 is 0 Å². The van der Waals surface area contributed by atoms with Crippen molar-refractivity contribution in [3.8, 4) is 5.75 Å². The van der Waals surface area contributed by atoms with Gasteiger partial charge in [-0.3, -0.25) is 0 Å². The van der Waals surface area contributed by atoms with Crippen molar-refractivity contribution in [2.45, 2.75) is 13.1 Å². The zero-order valence-corrected chi connectivity index (χ0v) is 11.4. The minimum absolute atomic E-state index is 0.272. The summed E-state index contributed by atoms with van der Waals surface area (Å²) in [6.07, 6.45) is 0. The van der Waals surface area contributed by atoms with Crippen molar-refractivity contribution in [3.05, 3.63) is 64.4 Å². The Morgan fingerprint density at radius 1 is 1.11 bits per heavy atom. The van der Waals surface area contributed by atoms with Crippen LogP contribution >= 0.6 is 11.6 Å². The largest absolute Gasteiger partial charge is 0.497 e. The molecule has 0 saturated carbocycles. The summed E-state index contributed by atoms with van der Waals surface area (Å²) in [7, 11) is 1.52. The van der Waals surface area contributed by atoms with E-state index in [9.17, 15) is 4.39 Å². The molecule has 0 bridgehead atoms. The average Bonchev–Trinajstić information content (AvgIpc) is 2.42. The van der Waals surface area contributed by atoms with Crippen LogP contribution < -0.4 is 10.1 Å². The summed E-state index contributed by atoms with van der Waals surface area (Å²) in [5.74, 6) is 0.248. The first-order valence-electron chi connectivity index (χ1n) is 5.97. The van der Waals surface area contributed by atoms with Gasteiger partial charge >= 0.3 is 0 Å². The van der Waals surface area contributed by atoms with Gasteiger partial charge in [0, 0.05) is 29.7 Å². The van der Waals surface area contributed by atoms with Gasteiger partial charge in [-0.15, -0.1) is 0 Å². The normalized spacial score (nSPS) is 10.5. The standard InChI is InChI=1S/C15H15ClFNO/c1-19-13-7-6-12(15(17)8-13)10-18-9-11-4-2-3-5-14(11)16/h2-8,18H,9-10H2,1H3. The highest BCUT2D eigenvalue weighted by Gasteiger charge is 2.04. The molecule has 2 rings (SSSR count). The first-order valence-corrected chi connectivity index (χ1v) is 6.35. The van der Waals surface area contributed by atoms with Crippen LogP contribution in [-0.2, 0) is 13.1 Å². The summed E-state index contributed by atoms with van der Waals surface area (Å²) in [4.78, 5) is 0. The van der Waals surface area contributed by atoms with Crippen molar-refractivity contribution >= 4 is 11.6 Å². The van der Waals surface area contributed by atoms with Gasteiger partial charge in [-0.1, -0.05) is 35.9 Å². The van der Waals surface area contributed by atoms with Crippen LogP contribution in [-0.4, -0.2) is 7.11 Å². The second kappa shape index (κ2) is 6.55. The number of hydrogen-bond acceptors (Lipinski definition) is 2. The average molecular weight is 280 g/mol. The lowest BCUT2D eigenvalue weighted by molar-refractivity contribution is 0.410. The van der Waals surface area contributed by atoms with Crippen molar-refractivity contribution in [1.82, 2.24) is 5.32 Å². The van der Waals surface area contributed by atoms with Crippen molar-refractivity contribution in [2.24, 2.45) is 0 Å². The zero-order chi connectivity index (χ0) is 13.7. The Labute approximate surface area is 117 Å². The minimum atomic E-state index is -0.272. The number of rotatable bonds is 5. The molecule has 0 saturated heterocycles. The Morgan fingerprint density at radius 2 is 1.84 bits per heavy atom. The van der Waals surface area contributed by atoms with Gasteiger partial charge in [0.1, 0.15) is 11.6 Å². The predicted molar refractivity (Wildman–Crippen MR) is 74.9 cm³/mol. The SMILES string of the molecule is COc1ccc(CNCc2ccccc2Cl)c(F)c1. The summed E-state index contributed by atoms with van der Waals surface area (Å²) in [5.41, 5.74) is 1.60. The molecule has 0 radical (unpaired) electrons. The van der Waals surface area contributed by atoms with E-state index in [0.717, 1.165) is 5.56 Å². The van der Waals surface area contributed by atoms with E-state index in [0.29, 0.717) is 29.4 Å². The van der Waals surface area contributed by atoms with E-state index in [4.69, 9.17) is 16.3 Å². The van der Waals surface area contributed by atoms with Crippen LogP contribution in [0.15, 0.2) is 42.5 Å². The van der Waals surface area contributed by atoms with Gasteiger partial charge in [0.15, 0.2) is 0 Å². The van der Waals surface area contributed by atoms with Gasteiger partial charge in [0.2, 0.25) is 0 Å². The molecule has 4 heteroatoms. The van der Waals surface area contributed by atoms with E-state index in [1.54, 1.807) is 12.1 Å². The van der Waals surface area contributed by atoms with Crippen LogP contribution in [0.1, 0.15) is 11.1 Å². The van der Waals surface area contributed by atoms with Crippen LogP contribution in [0.3, 0.4) is 0 Å². The van der Waals surface area contributed by atoms with Crippen molar-refractivity contribution in [1.29, 1.82) is 0 Å². The third-order valence-corrected chi connectivity index (χ3v) is 3.22. The third kappa shape index (κ3) is 3.69. The van der Waals surface area contributed by atoms with Gasteiger partial charge in [0.05, 0.1) is 7.11 Å². The molecule has 0 aliphatic heterocycles. The fraction of sp³-hybridized carbons (Fsp3) is 0.200. The van der Waals surface area contributed by atoms with Gasteiger partial charge in [-0.2, -0.15) is 0 Å². The first kappa shape index (κ1) is 13.8. The molecule has 0 atom stereocenters. The molecule has 0 unspecified atom stereocenters. The van der Waals surface area contributed by atoms with Crippen molar-refractivity contribution < 1.29 is 9.13 Å². The Balaban J connectivity index is 1.94. The lowest BCUT2D eigenvalue weighted by Gasteiger charge is -2.08. The monoisotopic (exact) mass is 279 g/mol. The fourth-order valence-electron chi connectivity index (χ4n) is 1.77. The molecule has 0 amide bonds. The summed E-state index contributed by atoms with van der Waals surface area (Å²) in [6, 6.07) is 12.4. The molecule has 2 aromatic rings. The molecule has 1 N–H and O–H groups in total. The van der Waals surface area contributed by atoms with Gasteiger partial charge in [-0.05, 0) is 17.7 Å². The van der Waals surface area contributed by atoms with Crippen LogP contribution in [0, 0.1) is 5.82 Å². The highest BCUT2D eigenvalue weighted by Crippen LogP contribution is 2.17. The number of ether oxygens (including phenoxy) is 1. The maximum Gasteiger partial charge on any atom is 0.131 e. The summed E-state index contributed by atoms with van der Waals surface area (Å²) >= 11 is 6.05. The van der Waals surface area contributed by atoms with Crippen LogP contribution in [0.5, 0.6) is 5.75 Å². The minimum Gasteiger partial charge on any atom is -0.497 e. The van der Waals surface area contributed by atoms with Gasteiger partial charge in [0.25, 0.3) is 0 Å². The lowest BCUT2D eigenvalue weighted by atomic mass is 10.2. The highest BCUT2D eigenvalue weighted by atomic mass is 35.5. The van der Waals surface area contributed by atoms with E-state index in [1.807, 2.05) is 24.3 Å². The van der Waals surface area contributed by atoms with Crippen LogP contribution in [0.2, 0.25) is 5.02 Å².